The van der Waals surface area contributed by atoms with E-state index in [1.54, 1.807) is 40.6 Å². The minimum absolute atomic E-state index is 0.207. The third kappa shape index (κ3) is 5.06. The highest BCUT2D eigenvalue weighted by atomic mass is 32.2. The summed E-state index contributed by atoms with van der Waals surface area (Å²) in [6, 6.07) is 11.4. The lowest BCUT2D eigenvalue weighted by Gasteiger charge is -2.35. The average molecular weight is 548 g/mol. The van der Waals surface area contributed by atoms with Crippen LogP contribution in [-0.4, -0.2) is 58.1 Å². The molecule has 0 atom stereocenters. The lowest BCUT2D eigenvalue weighted by atomic mass is 10.0. The van der Waals surface area contributed by atoms with Crippen molar-refractivity contribution in [2.75, 3.05) is 30.9 Å². The van der Waals surface area contributed by atoms with Gasteiger partial charge in [0.1, 0.15) is 4.21 Å². The fourth-order valence-corrected chi connectivity index (χ4v) is 8.36. The predicted octanol–water partition coefficient (Wildman–Crippen LogP) is 3.93. The second-order valence-electron chi connectivity index (χ2n) is 8.90. The highest BCUT2D eigenvalue weighted by Gasteiger charge is 2.33. The number of sulfonamides is 2. The van der Waals surface area contributed by atoms with E-state index in [4.69, 9.17) is 0 Å². The summed E-state index contributed by atoms with van der Waals surface area (Å²) in [6.07, 6.45) is 0. The van der Waals surface area contributed by atoms with E-state index in [0.717, 1.165) is 33.6 Å². The molecule has 36 heavy (non-hydrogen) atoms. The molecule has 1 fully saturated rings. The summed E-state index contributed by atoms with van der Waals surface area (Å²) in [5.41, 5.74) is 4.15. The third-order valence-corrected chi connectivity index (χ3v) is 11.5. The van der Waals surface area contributed by atoms with E-state index in [-0.39, 0.29) is 36.3 Å². The van der Waals surface area contributed by atoms with Crippen LogP contribution >= 0.6 is 11.3 Å². The Morgan fingerprint density at radius 3 is 1.97 bits per heavy atom. The Bertz CT molecular complexity index is 1460. The van der Waals surface area contributed by atoms with Crippen molar-refractivity contribution in [3.05, 3.63) is 75.7 Å². The normalized spacial score (nSPS) is 15.2. The van der Waals surface area contributed by atoms with Gasteiger partial charge in [-0.1, -0.05) is 12.1 Å². The van der Waals surface area contributed by atoms with Gasteiger partial charge in [0.05, 0.1) is 4.90 Å². The highest BCUT2D eigenvalue weighted by Crippen LogP contribution is 2.29. The number of hydrogen-bond acceptors (Lipinski definition) is 6. The number of carbonyl (C=O) groups excluding carboxylic acids is 1. The first-order chi connectivity index (χ1) is 16.9. The smallest absolute Gasteiger partial charge is 0.271 e. The first kappa shape index (κ1) is 26.3. The first-order valence-electron chi connectivity index (χ1n) is 11.4. The quantitative estimate of drug-likeness (QED) is 0.504. The van der Waals surface area contributed by atoms with Gasteiger partial charge in [0.25, 0.3) is 15.9 Å². The molecule has 4 rings (SSSR count). The van der Waals surface area contributed by atoms with Crippen LogP contribution in [0, 0.1) is 27.7 Å². The number of thiophene rings is 1. The largest absolute Gasteiger partial charge is 0.336 e. The molecule has 0 saturated carbocycles. The molecule has 8 nitrogen and oxygen atoms in total. The van der Waals surface area contributed by atoms with Crippen LogP contribution in [0.15, 0.2) is 56.9 Å². The molecule has 1 aliphatic heterocycles. The molecule has 1 aromatic heterocycles. The minimum atomic E-state index is -3.69. The Balaban J connectivity index is 1.43. The summed E-state index contributed by atoms with van der Waals surface area (Å²) >= 11 is 1.12. The van der Waals surface area contributed by atoms with Crippen LogP contribution in [0.25, 0.3) is 0 Å². The Morgan fingerprint density at radius 1 is 0.861 bits per heavy atom. The van der Waals surface area contributed by atoms with Crippen LogP contribution in [0.5, 0.6) is 0 Å². The zero-order valence-electron chi connectivity index (χ0n) is 20.6. The van der Waals surface area contributed by atoms with Crippen LogP contribution in [0.2, 0.25) is 0 Å². The van der Waals surface area contributed by atoms with Gasteiger partial charge < -0.3 is 4.90 Å². The van der Waals surface area contributed by atoms with Gasteiger partial charge in [-0.05, 0) is 85.7 Å². The van der Waals surface area contributed by atoms with E-state index in [0.29, 0.717) is 16.1 Å². The van der Waals surface area contributed by atoms with Crippen molar-refractivity contribution in [2.24, 2.45) is 0 Å². The van der Waals surface area contributed by atoms with Crippen LogP contribution in [0.1, 0.15) is 32.6 Å². The molecular weight excluding hydrogens is 518 g/mol. The van der Waals surface area contributed by atoms with Crippen molar-refractivity contribution in [2.45, 2.75) is 36.8 Å². The number of piperazine rings is 1. The number of nitrogens with one attached hydrogen (secondary N) is 1. The SMILES string of the molecule is Cc1cc(C)c(C)c(S(=O)(=O)N2CCN(C(=O)c3ccc(NS(=O)(=O)c4cccs4)cc3)CC2)c1C. The standard InChI is InChI=1S/C25H29N3O5S3/c1-17-16-18(2)20(4)24(19(17)3)36(32,33)28-13-11-27(12-14-28)25(29)21-7-9-22(10-8-21)26-35(30,31)23-6-5-15-34-23/h5-10,15-16,26H,11-14H2,1-4H3. The number of amides is 1. The Labute approximate surface area is 216 Å². The van der Waals surface area contributed by atoms with Gasteiger partial charge in [-0.25, -0.2) is 16.8 Å². The van der Waals surface area contributed by atoms with Gasteiger partial charge in [0, 0.05) is 37.4 Å². The molecule has 1 aliphatic rings. The summed E-state index contributed by atoms with van der Waals surface area (Å²) < 4.78 is 55.9. The molecule has 11 heteroatoms. The molecule has 0 radical (unpaired) electrons. The second-order valence-corrected chi connectivity index (χ2v) is 13.6. The zero-order valence-corrected chi connectivity index (χ0v) is 23.1. The molecule has 0 spiro atoms. The number of hydrogen-bond donors (Lipinski definition) is 1. The summed E-state index contributed by atoms with van der Waals surface area (Å²) in [7, 11) is -7.36. The number of anilines is 1. The fraction of sp³-hybridized carbons (Fsp3) is 0.320. The molecule has 0 unspecified atom stereocenters. The monoisotopic (exact) mass is 547 g/mol. The predicted molar refractivity (Wildman–Crippen MR) is 142 cm³/mol. The second kappa shape index (κ2) is 9.97. The number of benzene rings is 2. The zero-order chi connectivity index (χ0) is 26.3. The van der Waals surface area contributed by atoms with E-state index in [2.05, 4.69) is 4.72 Å². The van der Waals surface area contributed by atoms with E-state index in [9.17, 15) is 21.6 Å². The summed E-state index contributed by atoms with van der Waals surface area (Å²) in [4.78, 5) is 15.0. The third-order valence-electron chi connectivity index (χ3n) is 6.56. The van der Waals surface area contributed by atoms with E-state index >= 15 is 0 Å². The molecule has 0 aliphatic carbocycles. The summed E-state index contributed by atoms with van der Waals surface area (Å²) in [5.74, 6) is -0.224. The first-order valence-corrected chi connectivity index (χ1v) is 15.3. The van der Waals surface area contributed by atoms with Gasteiger partial charge in [-0.2, -0.15) is 4.31 Å². The highest BCUT2D eigenvalue weighted by molar-refractivity contribution is 7.94. The molecule has 0 bridgehead atoms. The maximum Gasteiger partial charge on any atom is 0.271 e. The van der Waals surface area contributed by atoms with Crippen molar-refractivity contribution in [1.82, 2.24) is 9.21 Å². The van der Waals surface area contributed by atoms with Crippen molar-refractivity contribution in [3.63, 3.8) is 0 Å². The minimum Gasteiger partial charge on any atom is -0.336 e. The molecule has 192 valence electrons. The molecular formula is C25H29N3O5S3. The molecule has 2 heterocycles. The average Bonchev–Trinajstić information content (AvgIpc) is 3.39. The van der Waals surface area contributed by atoms with Gasteiger partial charge in [0.15, 0.2) is 0 Å². The van der Waals surface area contributed by atoms with Crippen molar-refractivity contribution in [3.8, 4) is 0 Å². The van der Waals surface area contributed by atoms with E-state index < -0.39 is 20.0 Å². The van der Waals surface area contributed by atoms with Gasteiger partial charge in [0.2, 0.25) is 10.0 Å². The van der Waals surface area contributed by atoms with Gasteiger partial charge in [-0.3, -0.25) is 9.52 Å². The lowest BCUT2D eigenvalue weighted by Crippen LogP contribution is -2.50. The molecule has 1 amide bonds. The molecule has 2 aromatic carbocycles. The maximum atomic E-state index is 13.5. The number of rotatable bonds is 6. The maximum absolute atomic E-state index is 13.5. The van der Waals surface area contributed by atoms with E-state index in [1.165, 1.54) is 10.4 Å². The van der Waals surface area contributed by atoms with Gasteiger partial charge >= 0.3 is 0 Å². The fourth-order valence-electron chi connectivity index (χ4n) is 4.31. The van der Waals surface area contributed by atoms with Gasteiger partial charge in [-0.15, -0.1) is 11.3 Å². The summed E-state index contributed by atoms with van der Waals surface area (Å²) in [6.45, 7) is 8.45. The Hall–Kier alpha value is -2.73. The van der Waals surface area contributed by atoms with Crippen LogP contribution in [0.3, 0.4) is 0 Å². The molecule has 1 saturated heterocycles. The van der Waals surface area contributed by atoms with Crippen LogP contribution in [-0.2, 0) is 20.0 Å². The van der Waals surface area contributed by atoms with Crippen molar-refractivity contribution < 1.29 is 21.6 Å². The number of nitrogens with zero attached hydrogens (tertiary/aromatic N) is 2. The number of carbonyl (C=O) groups is 1. The number of aryl methyl sites for hydroxylation is 2. The van der Waals surface area contributed by atoms with Crippen molar-refractivity contribution >= 4 is 43.0 Å². The molecule has 1 N–H and O–H groups in total. The Morgan fingerprint density at radius 2 is 1.44 bits per heavy atom. The lowest BCUT2D eigenvalue weighted by molar-refractivity contribution is 0.0698. The van der Waals surface area contributed by atoms with E-state index in [1.807, 2.05) is 33.8 Å². The van der Waals surface area contributed by atoms with Crippen LogP contribution in [0.4, 0.5) is 5.69 Å². The summed E-state index contributed by atoms with van der Waals surface area (Å²) in [5, 5.41) is 1.69. The Kier molecular flexibility index (Phi) is 7.29. The van der Waals surface area contributed by atoms with Crippen LogP contribution < -0.4 is 4.72 Å². The topological polar surface area (TPSA) is 104 Å². The van der Waals surface area contributed by atoms with Crippen molar-refractivity contribution in [1.29, 1.82) is 0 Å². The molecule has 3 aromatic rings.